The molecule has 130 valence electrons. The maximum atomic E-state index is 13.5. The third kappa shape index (κ3) is 2.72. The van der Waals surface area contributed by atoms with E-state index < -0.39 is 0 Å². The molecule has 2 nitrogen and oxygen atoms in total. The van der Waals surface area contributed by atoms with Gasteiger partial charge in [-0.3, -0.25) is 4.79 Å². The molecule has 0 bridgehead atoms. The Morgan fingerprint density at radius 1 is 0.885 bits per heavy atom. The largest absolute Gasteiger partial charge is 0.344 e. The van der Waals surface area contributed by atoms with Crippen LogP contribution in [0.25, 0.3) is 21.7 Å². The van der Waals surface area contributed by atoms with E-state index in [1.54, 1.807) is 0 Å². The molecule has 3 aromatic carbocycles. The molecule has 0 N–H and O–H groups in total. The van der Waals surface area contributed by atoms with Crippen molar-refractivity contribution in [2.24, 2.45) is 0 Å². The van der Waals surface area contributed by atoms with Gasteiger partial charge in [0.1, 0.15) is 0 Å². The monoisotopic (exact) mass is 341 g/mol. The number of hydrogen-bond donors (Lipinski definition) is 0. The Labute approximate surface area is 154 Å². The highest BCUT2D eigenvalue weighted by Gasteiger charge is 2.19. The van der Waals surface area contributed by atoms with Crippen LogP contribution in [0.3, 0.4) is 0 Å². The third-order valence-electron chi connectivity index (χ3n) is 5.20. The molecular weight excluding hydrogens is 318 g/mol. The Kier molecular flexibility index (Phi) is 4.34. The van der Waals surface area contributed by atoms with E-state index in [9.17, 15) is 4.79 Å². The van der Waals surface area contributed by atoms with Gasteiger partial charge in [0.05, 0.1) is 0 Å². The summed E-state index contributed by atoms with van der Waals surface area (Å²) in [6.45, 7) is 4.42. The molecule has 0 fully saturated rings. The Morgan fingerprint density at radius 3 is 2.38 bits per heavy atom. The standard InChI is InChI=1S/C24H23NO/c1-3-9-17(2)25-16-22(20-13-6-7-15-23(20)25)24(26)21-14-8-11-18-10-4-5-12-19(18)21/h4-8,10-17H,3,9H2,1-2H3/t17-/m1/s1. The van der Waals surface area contributed by atoms with Gasteiger partial charge >= 0.3 is 0 Å². The zero-order chi connectivity index (χ0) is 18.1. The maximum Gasteiger partial charge on any atom is 0.195 e. The van der Waals surface area contributed by atoms with Gasteiger partial charge in [0, 0.05) is 34.3 Å². The molecule has 0 unspecified atom stereocenters. The predicted molar refractivity (Wildman–Crippen MR) is 109 cm³/mol. The number of carbonyl (C=O) groups is 1. The predicted octanol–water partition coefficient (Wildman–Crippen LogP) is 6.39. The maximum absolute atomic E-state index is 13.5. The number of nitrogens with zero attached hydrogens (tertiary/aromatic N) is 1. The van der Waals surface area contributed by atoms with Crippen molar-refractivity contribution < 1.29 is 4.79 Å². The molecule has 0 saturated carbocycles. The molecule has 0 aliphatic carbocycles. The summed E-state index contributed by atoms with van der Waals surface area (Å²) in [6, 6.07) is 22.6. The van der Waals surface area contributed by atoms with E-state index in [1.165, 1.54) is 0 Å². The summed E-state index contributed by atoms with van der Waals surface area (Å²) in [5, 5.41) is 3.15. The highest BCUT2D eigenvalue weighted by molar-refractivity contribution is 6.21. The van der Waals surface area contributed by atoms with Crippen LogP contribution < -0.4 is 0 Å². The molecule has 2 heteroatoms. The Morgan fingerprint density at radius 2 is 1.58 bits per heavy atom. The van der Waals surface area contributed by atoms with Crippen LogP contribution in [0, 0.1) is 0 Å². The van der Waals surface area contributed by atoms with E-state index in [2.05, 4.69) is 48.9 Å². The van der Waals surface area contributed by atoms with Crippen molar-refractivity contribution in [2.75, 3.05) is 0 Å². The zero-order valence-corrected chi connectivity index (χ0v) is 15.3. The fraction of sp³-hybridized carbons (Fsp3) is 0.208. The van der Waals surface area contributed by atoms with E-state index in [-0.39, 0.29) is 5.78 Å². The van der Waals surface area contributed by atoms with Crippen molar-refractivity contribution in [2.45, 2.75) is 32.7 Å². The molecule has 4 rings (SSSR count). The zero-order valence-electron chi connectivity index (χ0n) is 15.3. The molecule has 0 spiro atoms. The lowest BCUT2D eigenvalue weighted by Gasteiger charge is -2.13. The molecule has 1 atom stereocenters. The number of para-hydroxylation sites is 1. The van der Waals surface area contributed by atoms with Crippen molar-refractivity contribution in [3.63, 3.8) is 0 Å². The third-order valence-corrected chi connectivity index (χ3v) is 5.20. The summed E-state index contributed by atoms with van der Waals surface area (Å²) in [5.74, 6) is 0.0976. The normalized spacial score (nSPS) is 12.5. The van der Waals surface area contributed by atoms with Gasteiger partial charge in [-0.1, -0.05) is 74.0 Å². The van der Waals surface area contributed by atoms with Crippen molar-refractivity contribution in [1.82, 2.24) is 4.57 Å². The summed E-state index contributed by atoms with van der Waals surface area (Å²) in [5.41, 5.74) is 2.70. The number of ketones is 1. The first-order chi connectivity index (χ1) is 12.7. The minimum atomic E-state index is 0.0976. The molecule has 0 amide bonds. The van der Waals surface area contributed by atoms with E-state index in [0.717, 1.165) is 45.6 Å². The van der Waals surface area contributed by atoms with Crippen molar-refractivity contribution in [3.05, 3.63) is 84.1 Å². The van der Waals surface area contributed by atoms with E-state index in [1.807, 2.05) is 42.5 Å². The summed E-state index contributed by atoms with van der Waals surface area (Å²) < 4.78 is 2.26. The second kappa shape index (κ2) is 6.80. The van der Waals surface area contributed by atoms with Crippen LogP contribution in [0.15, 0.2) is 72.9 Å². The number of rotatable bonds is 5. The first-order valence-electron chi connectivity index (χ1n) is 9.32. The second-order valence-electron chi connectivity index (χ2n) is 6.96. The molecule has 26 heavy (non-hydrogen) atoms. The number of carbonyl (C=O) groups excluding carboxylic acids is 1. The molecule has 1 heterocycles. The number of aromatic nitrogens is 1. The highest BCUT2D eigenvalue weighted by atomic mass is 16.1. The van der Waals surface area contributed by atoms with E-state index in [4.69, 9.17) is 0 Å². The van der Waals surface area contributed by atoms with Gasteiger partial charge in [0.2, 0.25) is 0 Å². The number of hydrogen-bond acceptors (Lipinski definition) is 1. The van der Waals surface area contributed by atoms with Crippen LogP contribution in [-0.2, 0) is 0 Å². The van der Waals surface area contributed by atoms with Crippen LogP contribution in [0.4, 0.5) is 0 Å². The molecule has 1 aromatic heterocycles. The second-order valence-corrected chi connectivity index (χ2v) is 6.96. The van der Waals surface area contributed by atoms with Crippen LogP contribution in [0.2, 0.25) is 0 Å². The number of benzene rings is 3. The molecular formula is C24H23NO. The molecule has 0 saturated heterocycles. The van der Waals surface area contributed by atoms with Gasteiger partial charge in [0.15, 0.2) is 5.78 Å². The minimum Gasteiger partial charge on any atom is -0.344 e. The highest BCUT2D eigenvalue weighted by Crippen LogP contribution is 2.30. The summed E-state index contributed by atoms with van der Waals surface area (Å²) in [4.78, 5) is 13.5. The summed E-state index contributed by atoms with van der Waals surface area (Å²) >= 11 is 0. The SMILES string of the molecule is CCC[C@@H](C)n1cc(C(=O)c2cccc3ccccc23)c2ccccc21. The molecule has 4 aromatic rings. The van der Waals surface area contributed by atoms with Crippen LogP contribution in [-0.4, -0.2) is 10.4 Å². The molecule has 0 radical (unpaired) electrons. The first kappa shape index (κ1) is 16.6. The molecule has 0 aliphatic rings. The van der Waals surface area contributed by atoms with Gasteiger partial charge in [-0.05, 0) is 30.2 Å². The Bertz CT molecular complexity index is 1080. The smallest absolute Gasteiger partial charge is 0.195 e. The van der Waals surface area contributed by atoms with Gasteiger partial charge < -0.3 is 4.57 Å². The van der Waals surface area contributed by atoms with E-state index in [0.29, 0.717) is 6.04 Å². The van der Waals surface area contributed by atoms with Crippen LogP contribution in [0.5, 0.6) is 0 Å². The van der Waals surface area contributed by atoms with Crippen LogP contribution in [0.1, 0.15) is 48.7 Å². The van der Waals surface area contributed by atoms with Crippen LogP contribution >= 0.6 is 0 Å². The van der Waals surface area contributed by atoms with Crippen molar-refractivity contribution in [1.29, 1.82) is 0 Å². The average Bonchev–Trinajstić information content (AvgIpc) is 3.07. The lowest BCUT2D eigenvalue weighted by atomic mass is 9.97. The van der Waals surface area contributed by atoms with E-state index >= 15 is 0 Å². The van der Waals surface area contributed by atoms with Gasteiger partial charge in [-0.15, -0.1) is 0 Å². The average molecular weight is 341 g/mol. The summed E-state index contributed by atoms with van der Waals surface area (Å²) in [6.07, 6.45) is 4.27. The Balaban J connectivity index is 1.90. The fourth-order valence-corrected chi connectivity index (χ4v) is 3.88. The van der Waals surface area contributed by atoms with Gasteiger partial charge in [-0.2, -0.15) is 0 Å². The minimum absolute atomic E-state index is 0.0976. The topological polar surface area (TPSA) is 22.0 Å². The Hall–Kier alpha value is -2.87. The summed E-state index contributed by atoms with van der Waals surface area (Å²) in [7, 11) is 0. The number of fused-ring (bicyclic) bond motifs is 2. The first-order valence-corrected chi connectivity index (χ1v) is 9.32. The van der Waals surface area contributed by atoms with Gasteiger partial charge in [0.25, 0.3) is 0 Å². The fourth-order valence-electron chi connectivity index (χ4n) is 3.88. The quantitative estimate of drug-likeness (QED) is 0.386. The lowest BCUT2D eigenvalue weighted by Crippen LogP contribution is -2.04. The van der Waals surface area contributed by atoms with Crippen molar-refractivity contribution in [3.8, 4) is 0 Å². The van der Waals surface area contributed by atoms with Gasteiger partial charge in [-0.25, -0.2) is 0 Å². The van der Waals surface area contributed by atoms with Crippen molar-refractivity contribution >= 4 is 27.5 Å². The lowest BCUT2D eigenvalue weighted by molar-refractivity contribution is 0.104. The molecule has 0 aliphatic heterocycles.